The Morgan fingerprint density at radius 2 is 1.77 bits per heavy atom. The van der Waals surface area contributed by atoms with E-state index in [0.717, 1.165) is 11.1 Å². The van der Waals surface area contributed by atoms with Gasteiger partial charge in [-0.3, -0.25) is 9.59 Å². The van der Waals surface area contributed by atoms with E-state index < -0.39 is 21.5 Å². The Hall–Kier alpha value is -2.42. The molecular formula is C26H32ClN3O4S. The van der Waals surface area contributed by atoms with Gasteiger partial charge in [0.15, 0.2) is 0 Å². The van der Waals surface area contributed by atoms with Crippen molar-refractivity contribution in [1.82, 2.24) is 9.21 Å². The molecule has 9 heteroatoms. The Balaban J connectivity index is 1.64. The van der Waals surface area contributed by atoms with E-state index in [9.17, 15) is 18.0 Å². The van der Waals surface area contributed by atoms with Crippen LogP contribution in [0.25, 0.3) is 0 Å². The van der Waals surface area contributed by atoms with Crippen molar-refractivity contribution in [3.8, 4) is 0 Å². The number of sulfonamides is 1. The molecule has 35 heavy (non-hydrogen) atoms. The second kappa shape index (κ2) is 9.91. The Bertz CT molecular complexity index is 1200. The lowest BCUT2D eigenvalue weighted by molar-refractivity contribution is -0.138. The van der Waals surface area contributed by atoms with E-state index in [1.54, 1.807) is 41.3 Å². The van der Waals surface area contributed by atoms with Crippen LogP contribution in [-0.2, 0) is 26.2 Å². The molecule has 0 aromatic heterocycles. The fourth-order valence-electron chi connectivity index (χ4n) is 5.18. The van der Waals surface area contributed by atoms with Crippen molar-refractivity contribution in [3.63, 3.8) is 0 Å². The maximum absolute atomic E-state index is 14.0. The van der Waals surface area contributed by atoms with Crippen molar-refractivity contribution in [1.29, 1.82) is 0 Å². The molecule has 1 aliphatic carbocycles. The van der Waals surface area contributed by atoms with E-state index in [1.807, 2.05) is 26.0 Å². The molecule has 2 amide bonds. The molecule has 3 atom stereocenters. The largest absolute Gasteiger partial charge is 0.369 e. The minimum atomic E-state index is -3.83. The normalized spacial score (nSPS) is 25.0. The molecular weight excluding hydrogens is 486 g/mol. The number of nitrogens with zero attached hydrogens (tertiary/aromatic N) is 2. The highest BCUT2D eigenvalue weighted by atomic mass is 35.5. The quantitative estimate of drug-likeness (QED) is 0.602. The molecule has 1 heterocycles. The standard InChI is InChI=1S/C26H32ClN3O4S/c1-18-5-11-22(12-6-18)35(33,34)30-15-3-4-23(30)24(31)29(17-19-7-9-20(27)10-8-19)21-13-14-26(2,16-21)25(28)32/h5-12,21,23H,3-4,13-17H2,1-2H3,(H2,28,32)/t21-,23+,26?/m1/s1. The van der Waals surface area contributed by atoms with Gasteiger partial charge in [0, 0.05) is 29.6 Å². The molecule has 2 aromatic rings. The van der Waals surface area contributed by atoms with Crippen LogP contribution >= 0.6 is 11.6 Å². The van der Waals surface area contributed by atoms with Gasteiger partial charge in [-0.25, -0.2) is 8.42 Å². The van der Waals surface area contributed by atoms with Crippen LogP contribution in [0.3, 0.4) is 0 Å². The molecule has 7 nitrogen and oxygen atoms in total. The lowest BCUT2D eigenvalue weighted by atomic mass is 9.88. The van der Waals surface area contributed by atoms with Gasteiger partial charge in [0.05, 0.1) is 4.90 Å². The molecule has 2 aromatic carbocycles. The molecule has 1 unspecified atom stereocenters. The van der Waals surface area contributed by atoms with Gasteiger partial charge in [-0.05, 0) is 68.9 Å². The van der Waals surface area contributed by atoms with Crippen LogP contribution in [0.15, 0.2) is 53.4 Å². The number of hydrogen-bond acceptors (Lipinski definition) is 4. The summed E-state index contributed by atoms with van der Waals surface area (Å²) in [4.78, 5) is 28.0. The molecule has 1 saturated heterocycles. The number of amides is 2. The van der Waals surface area contributed by atoms with Crippen LogP contribution < -0.4 is 5.73 Å². The summed E-state index contributed by atoms with van der Waals surface area (Å²) in [5.41, 5.74) is 6.84. The van der Waals surface area contributed by atoms with Crippen LogP contribution in [0.2, 0.25) is 5.02 Å². The molecule has 2 fully saturated rings. The van der Waals surface area contributed by atoms with E-state index in [0.29, 0.717) is 50.2 Å². The van der Waals surface area contributed by atoms with Gasteiger partial charge in [0.25, 0.3) is 0 Å². The third-order valence-corrected chi connectivity index (χ3v) is 9.59. The number of hydrogen-bond donors (Lipinski definition) is 1. The summed E-state index contributed by atoms with van der Waals surface area (Å²) in [6.07, 6.45) is 2.75. The lowest BCUT2D eigenvalue weighted by Gasteiger charge is -2.35. The summed E-state index contributed by atoms with van der Waals surface area (Å²) in [5, 5.41) is 0.597. The van der Waals surface area contributed by atoms with Crippen molar-refractivity contribution in [2.24, 2.45) is 11.1 Å². The van der Waals surface area contributed by atoms with Gasteiger partial charge in [0.1, 0.15) is 6.04 Å². The highest BCUT2D eigenvalue weighted by Gasteiger charge is 2.47. The van der Waals surface area contributed by atoms with Gasteiger partial charge in [-0.2, -0.15) is 4.31 Å². The van der Waals surface area contributed by atoms with Crippen molar-refractivity contribution in [2.45, 2.75) is 69.5 Å². The predicted molar refractivity (Wildman–Crippen MR) is 135 cm³/mol. The Morgan fingerprint density at radius 1 is 1.11 bits per heavy atom. The molecule has 2 aliphatic rings. The molecule has 0 radical (unpaired) electrons. The number of carbonyl (C=O) groups is 2. The lowest BCUT2D eigenvalue weighted by Crippen LogP contribution is -2.50. The third kappa shape index (κ3) is 5.25. The Morgan fingerprint density at radius 3 is 2.37 bits per heavy atom. The second-order valence-electron chi connectivity index (χ2n) is 10.0. The zero-order chi connectivity index (χ0) is 25.4. The summed E-state index contributed by atoms with van der Waals surface area (Å²) in [5.74, 6) is -0.602. The van der Waals surface area contributed by atoms with Gasteiger partial charge < -0.3 is 10.6 Å². The highest BCUT2D eigenvalue weighted by molar-refractivity contribution is 7.89. The number of halogens is 1. The Kier molecular flexibility index (Phi) is 7.27. The molecule has 4 rings (SSSR count). The topological polar surface area (TPSA) is 101 Å². The van der Waals surface area contributed by atoms with E-state index in [-0.39, 0.29) is 22.8 Å². The molecule has 1 aliphatic heterocycles. The van der Waals surface area contributed by atoms with Crippen LogP contribution in [0.5, 0.6) is 0 Å². The number of rotatable bonds is 7. The zero-order valence-corrected chi connectivity index (χ0v) is 21.7. The first kappa shape index (κ1) is 25.7. The average Bonchev–Trinajstić information content (AvgIpc) is 3.47. The monoisotopic (exact) mass is 517 g/mol. The zero-order valence-electron chi connectivity index (χ0n) is 20.1. The molecule has 1 saturated carbocycles. The first-order valence-corrected chi connectivity index (χ1v) is 13.8. The fourth-order valence-corrected chi connectivity index (χ4v) is 6.96. The van der Waals surface area contributed by atoms with Crippen LogP contribution in [0.4, 0.5) is 0 Å². The summed E-state index contributed by atoms with van der Waals surface area (Å²) in [6, 6.07) is 13.0. The van der Waals surface area contributed by atoms with Gasteiger partial charge in [-0.15, -0.1) is 0 Å². The molecule has 2 N–H and O–H groups in total. The van der Waals surface area contributed by atoms with Crippen molar-refractivity contribution >= 4 is 33.4 Å². The first-order chi connectivity index (χ1) is 16.5. The number of primary amides is 1. The van der Waals surface area contributed by atoms with Crippen LogP contribution in [0.1, 0.15) is 50.2 Å². The van der Waals surface area contributed by atoms with E-state index in [2.05, 4.69) is 0 Å². The second-order valence-corrected chi connectivity index (χ2v) is 12.3. The Labute approximate surface area is 212 Å². The summed E-state index contributed by atoms with van der Waals surface area (Å²) < 4.78 is 28.3. The van der Waals surface area contributed by atoms with Gasteiger partial charge in [0.2, 0.25) is 21.8 Å². The summed E-state index contributed by atoms with van der Waals surface area (Å²) in [7, 11) is -3.83. The number of benzene rings is 2. The maximum Gasteiger partial charge on any atom is 0.243 e. The molecule has 188 valence electrons. The number of carbonyl (C=O) groups excluding carboxylic acids is 2. The van der Waals surface area contributed by atoms with Crippen molar-refractivity contribution in [3.05, 3.63) is 64.7 Å². The summed E-state index contributed by atoms with van der Waals surface area (Å²) >= 11 is 6.05. The summed E-state index contributed by atoms with van der Waals surface area (Å²) in [6.45, 7) is 4.34. The van der Waals surface area contributed by atoms with Crippen LogP contribution in [0, 0.1) is 12.3 Å². The number of aryl methyl sites for hydroxylation is 1. The minimum absolute atomic E-state index is 0.189. The highest BCUT2D eigenvalue weighted by Crippen LogP contribution is 2.41. The van der Waals surface area contributed by atoms with Gasteiger partial charge in [-0.1, -0.05) is 48.4 Å². The van der Waals surface area contributed by atoms with Gasteiger partial charge >= 0.3 is 0 Å². The van der Waals surface area contributed by atoms with E-state index in [4.69, 9.17) is 17.3 Å². The smallest absolute Gasteiger partial charge is 0.243 e. The molecule has 0 bridgehead atoms. The van der Waals surface area contributed by atoms with Crippen molar-refractivity contribution < 1.29 is 18.0 Å². The van der Waals surface area contributed by atoms with Crippen molar-refractivity contribution in [2.75, 3.05) is 6.54 Å². The predicted octanol–water partition coefficient (Wildman–Crippen LogP) is 3.87. The van der Waals surface area contributed by atoms with E-state index >= 15 is 0 Å². The van der Waals surface area contributed by atoms with E-state index in [1.165, 1.54) is 4.31 Å². The first-order valence-electron chi connectivity index (χ1n) is 11.9. The minimum Gasteiger partial charge on any atom is -0.369 e. The SMILES string of the molecule is Cc1ccc(S(=O)(=O)N2CCC[C@H]2C(=O)N(Cc2ccc(Cl)cc2)[C@@H]2CCC(C)(C(N)=O)C2)cc1. The third-order valence-electron chi connectivity index (χ3n) is 7.42. The molecule has 0 spiro atoms. The number of nitrogens with two attached hydrogens (primary N) is 1. The maximum atomic E-state index is 14.0. The fraction of sp³-hybridized carbons (Fsp3) is 0.462. The average molecular weight is 518 g/mol. The van der Waals surface area contributed by atoms with Crippen LogP contribution in [-0.4, -0.2) is 48.1 Å².